The van der Waals surface area contributed by atoms with Crippen molar-refractivity contribution in [1.82, 2.24) is 15.5 Å². The first-order valence-corrected chi connectivity index (χ1v) is 5.82. The molecule has 2 heterocycles. The molecule has 0 spiro atoms. The predicted molar refractivity (Wildman–Crippen MR) is 61.8 cm³/mol. The van der Waals surface area contributed by atoms with Crippen molar-refractivity contribution in [3.63, 3.8) is 0 Å². The summed E-state index contributed by atoms with van der Waals surface area (Å²) in [7, 11) is 3.52. The molecule has 0 bridgehead atoms. The van der Waals surface area contributed by atoms with Crippen LogP contribution in [0, 0.1) is 0 Å². The van der Waals surface area contributed by atoms with Gasteiger partial charge in [-0.05, 0) is 18.5 Å². The molecular formula is C10H13N3O2S. The standard InChI is InChI=1S/C10H13N3O2S/c1-11-5-3-8-12-10(15-13-8)9-7(14-2)4-6-16-9/h4,6,11H,3,5H2,1-2H3. The normalized spacial score (nSPS) is 10.6. The lowest BCUT2D eigenvalue weighted by Gasteiger charge is -1.95. The van der Waals surface area contributed by atoms with Gasteiger partial charge in [-0.3, -0.25) is 0 Å². The van der Waals surface area contributed by atoms with Crippen LogP contribution < -0.4 is 10.1 Å². The van der Waals surface area contributed by atoms with E-state index in [1.54, 1.807) is 7.11 Å². The zero-order valence-corrected chi connectivity index (χ0v) is 10.0. The Hall–Kier alpha value is -1.40. The van der Waals surface area contributed by atoms with E-state index in [1.165, 1.54) is 11.3 Å². The lowest BCUT2D eigenvalue weighted by molar-refractivity contribution is 0.405. The van der Waals surface area contributed by atoms with Crippen LogP contribution in [0.25, 0.3) is 10.8 Å². The highest BCUT2D eigenvalue weighted by Crippen LogP contribution is 2.33. The second-order valence-corrected chi connectivity index (χ2v) is 4.10. The summed E-state index contributed by atoms with van der Waals surface area (Å²) in [6, 6.07) is 1.89. The molecule has 86 valence electrons. The highest BCUT2D eigenvalue weighted by atomic mass is 32.1. The molecule has 0 aliphatic rings. The molecule has 0 atom stereocenters. The molecule has 0 saturated carbocycles. The minimum atomic E-state index is 0.526. The number of rotatable bonds is 5. The number of nitrogens with one attached hydrogen (secondary N) is 1. The topological polar surface area (TPSA) is 60.2 Å². The van der Waals surface area contributed by atoms with Gasteiger partial charge in [0.25, 0.3) is 5.89 Å². The molecule has 0 aliphatic heterocycles. The largest absolute Gasteiger partial charge is 0.495 e. The molecule has 0 amide bonds. The van der Waals surface area contributed by atoms with Crippen LogP contribution in [0.3, 0.4) is 0 Å². The summed E-state index contributed by atoms with van der Waals surface area (Å²) in [5.41, 5.74) is 0. The Morgan fingerprint density at radius 2 is 2.44 bits per heavy atom. The fourth-order valence-corrected chi connectivity index (χ4v) is 2.08. The third kappa shape index (κ3) is 2.23. The monoisotopic (exact) mass is 239 g/mol. The summed E-state index contributed by atoms with van der Waals surface area (Å²) in [5.74, 6) is 2.01. The number of thiophene rings is 1. The van der Waals surface area contributed by atoms with Crippen LogP contribution in [0.2, 0.25) is 0 Å². The van der Waals surface area contributed by atoms with Crippen molar-refractivity contribution >= 4 is 11.3 Å². The zero-order chi connectivity index (χ0) is 11.4. The second-order valence-electron chi connectivity index (χ2n) is 3.19. The predicted octanol–water partition coefficient (Wildman–Crippen LogP) is 1.57. The first-order chi connectivity index (χ1) is 7.85. The Balaban J connectivity index is 2.18. The summed E-state index contributed by atoms with van der Waals surface area (Å²) in [4.78, 5) is 5.19. The first kappa shape index (κ1) is 11.1. The quantitative estimate of drug-likeness (QED) is 0.858. The molecule has 2 aromatic heterocycles. The number of likely N-dealkylation sites (N-methyl/N-ethyl adjacent to an activating group) is 1. The molecule has 0 fully saturated rings. The van der Waals surface area contributed by atoms with Gasteiger partial charge in [0, 0.05) is 13.0 Å². The Labute approximate surface area is 97.4 Å². The van der Waals surface area contributed by atoms with Crippen molar-refractivity contribution in [2.24, 2.45) is 0 Å². The van der Waals surface area contributed by atoms with Gasteiger partial charge in [0.15, 0.2) is 5.82 Å². The number of nitrogens with zero attached hydrogens (tertiary/aromatic N) is 2. The molecule has 5 nitrogen and oxygen atoms in total. The van der Waals surface area contributed by atoms with Crippen molar-refractivity contribution in [2.45, 2.75) is 6.42 Å². The minimum absolute atomic E-state index is 0.526. The second kappa shape index (κ2) is 5.09. The number of hydrogen-bond donors (Lipinski definition) is 1. The zero-order valence-electron chi connectivity index (χ0n) is 9.19. The molecule has 16 heavy (non-hydrogen) atoms. The van der Waals surface area contributed by atoms with Gasteiger partial charge in [-0.15, -0.1) is 11.3 Å². The Morgan fingerprint density at radius 1 is 1.56 bits per heavy atom. The van der Waals surface area contributed by atoms with Crippen LogP contribution in [0.1, 0.15) is 5.82 Å². The Bertz CT molecular complexity index is 452. The average molecular weight is 239 g/mol. The number of aromatic nitrogens is 2. The molecule has 0 aromatic carbocycles. The van der Waals surface area contributed by atoms with Gasteiger partial charge >= 0.3 is 0 Å². The van der Waals surface area contributed by atoms with E-state index in [1.807, 2.05) is 18.5 Å². The van der Waals surface area contributed by atoms with Crippen LogP contribution in [-0.4, -0.2) is 30.8 Å². The number of hydrogen-bond acceptors (Lipinski definition) is 6. The average Bonchev–Trinajstić information content (AvgIpc) is 2.94. The van der Waals surface area contributed by atoms with E-state index in [9.17, 15) is 0 Å². The highest BCUT2D eigenvalue weighted by Gasteiger charge is 2.14. The van der Waals surface area contributed by atoms with Gasteiger partial charge in [-0.1, -0.05) is 5.16 Å². The molecule has 0 unspecified atom stereocenters. The molecular weight excluding hydrogens is 226 g/mol. The molecule has 2 rings (SSSR count). The molecule has 0 aliphatic carbocycles. The van der Waals surface area contributed by atoms with E-state index >= 15 is 0 Å². The van der Waals surface area contributed by atoms with E-state index in [4.69, 9.17) is 9.26 Å². The maximum Gasteiger partial charge on any atom is 0.271 e. The van der Waals surface area contributed by atoms with Crippen molar-refractivity contribution in [3.8, 4) is 16.5 Å². The summed E-state index contributed by atoms with van der Waals surface area (Å²) in [6.45, 7) is 0.834. The van der Waals surface area contributed by atoms with Gasteiger partial charge in [0.1, 0.15) is 10.6 Å². The first-order valence-electron chi connectivity index (χ1n) is 4.94. The molecule has 6 heteroatoms. The molecule has 1 N–H and O–H groups in total. The maximum atomic E-state index is 5.20. The van der Waals surface area contributed by atoms with Crippen molar-refractivity contribution in [1.29, 1.82) is 0 Å². The van der Waals surface area contributed by atoms with Crippen LogP contribution >= 0.6 is 11.3 Å². The van der Waals surface area contributed by atoms with E-state index in [0.29, 0.717) is 11.7 Å². The van der Waals surface area contributed by atoms with E-state index in [-0.39, 0.29) is 0 Å². The van der Waals surface area contributed by atoms with Gasteiger partial charge in [0.05, 0.1) is 7.11 Å². The summed E-state index contributed by atoms with van der Waals surface area (Å²) in [6.07, 6.45) is 0.758. The smallest absolute Gasteiger partial charge is 0.271 e. The SMILES string of the molecule is CNCCc1noc(-c2sccc2OC)n1. The van der Waals surface area contributed by atoms with Gasteiger partial charge in [-0.25, -0.2) is 0 Å². The van der Waals surface area contributed by atoms with Gasteiger partial charge < -0.3 is 14.6 Å². The van der Waals surface area contributed by atoms with Crippen LogP contribution in [-0.2, 0) is 6.42 Å². The van der Waals surface area contributed by atoms with E-state index in [0.717, 1.165) is 23.6 Å². The minimum Gasteiger partial charge on any atom is -0.495 e. The third-order valence-electron chi connectivity index (χ3n) is 2.11. The van der Waals surface area contributed by atoms with Gasteiger partial charge in [-0.2, -0.15) is 4.98 Å². The van der Waals surface area contributed by atoms with Gasteiger partial charge in [0.2, 0.25) is 0 Å². The van der Waals surface area contributed by atoms with Crippen molar-refractivity contribution in [3.05, 3.63) is 17.3 Å². The van der Waals surface area contributed by atoms with Crippen LogP contribution in [0.4, 0.5) is 0 Å². The van der Waals surface area contributed by atoms with Crippen LogP contribution in [0.5, 0.6) is 5.75 Å². The molecule has 0 saturated heterocycles. The Morgan fingerprint density at radius 3 is 3.19 bits per heavy atom. The Kier molecular flexibility index (Phi) is 3.53. The van der Waals surface area contributed by atoms with Crippen molar-refractivity contribution in [2.75, 3.05) is 20.7 Å². The fraction of sp³-hybridized carbons (Fsp3) is 0.400. The summed E-state index contributed by atoms with van der Waals surface area (Å²) in [5, 5.41) is 8.89. The lowest BCUT2D eigenvalue weighted by Crippen LogP contribution is -2.10. The number of ether oxygens (including phenoxy) is 1. The third-order valence-corrected chi connectivity index (χ3v) is 2.99. The van der Waals surface area contributed by atoms with Crippen LogP contribution in [0.15, 0.2) is 16.0 Å². The van der Waals surface area contributed by atoms with E-state index in [2.05, 4.69) is 15.5 Å². The maximum absolute atomic E-state index is 5.20. The van der Waals surface area contributed by atoms with Crippen molar-refractivity contribution < 1.29 is 9.26 Å². The fourth-order valence-electron chi connectivity index (χ4n) is 1.30. The summed E-state index contributed by atoms with van der Waals surface area (Å²) < 4.78 is 10.4. The molecule has 0 radical (unpaired) electrons. The number of methoxy groups -OCH3 is 1. The van der Waals surface area contributed by atoms with E-state index < -0.39 is 0 Å². The summed E-state index contributed by atoms with van der Waals surface area (Å²) >= 11 is 1.53. The molecule has 2 aromatic rings. The lowest BCUT2D eigenvalue weighted by atomic mass is 10.4. The highest BCUT2D eigenvalue weighted by molar-refractivity contribution is 7.13.